The lowest BCUT2D eigenvalue weighted by Gasteiger charge is -2.20. The molecule has 1 fully saturated rings. The molecule has 0 unspecified atom stereocenters. The maximum absolute atomic E-state index is 12.5. The largest absolute Gasteiger partial charge is 0.421 e. The molecule has 0 radical (unpaired) electrons. The van der Waals surface area contributed by atoms with Crippen molar-refractivity contribution in [2.24, 2.45) is 0 Å². The third-order valence-corrected chi connectivity index (χ3v) is 2.88. The Bertz CT molecular complexity index is 326. The van der Waals surface area contributed by atoms with Gasteiger partial charge in [-0.1, -0.05) is 24.4 Å². The molecule has 2 nitrogen and oxygen atoms in total. The van der Waals surface area contributed by atoms with E-state index in [0.717, 1.165) is 38.3 Å². The Morgan fingerprint density at radius 2 is 1.87 bits per heavy atom. The second-order valence-electron chi connectivity index (χ2n) is 3.94. The Kier molecular flexibility index (Phi) is 2.71. The van der Waals surface area contributed by atoms with Gasteiger partial charge in [-0.25, -0.2) is 0 Å². The van der Waals surface area contributed by atoms with E-state index in [1.54, 1.807) is 0 Å². The highest BCUT2D eigenvalue weighted by Crippen LogP contribution is 2.40. The molecule has 0 N–H and O–H groups in total. The van der Waals surface area contributed by atoms with Crippen LogP contribution in [-0.4, -0.2) is 5.16 Å². The van der Waals surface area contributed by atoms with Gasteiger partial charge in [-0.05, 0) is 12.8 Å². The zero-order valence-electron chi connectivity index (χ0n) is 8.18. The number of hydrogen-bond donors (Lipinski definition) is 0. The van der Waals surface area contributed by atoms with Crippen LogP contribution in [0, 0.1) is 0 Å². The van der Waals surface area contributed by atoms with Gasteiger partial charge in [-0.2, -0.15) is 13.2 Å². The van der Waals surface area contributed by atoms with E-state index >= 15 is 0 Å². The number of rotatable bonds is 1. The summed E-state index contributed by atoms with van der Waals surface area (Å²) in [6, 6.07) is 0. The summed E-state index contributed by atoms with van der Waals surface area (Å²) in [6.45, 7) is 0. The minimum atomic E-state index is -4.34. The number of aromatic nitrogens is 1. The van der Waals surface area contributed by atoms with E-state index in [1.165, 1.54) is 0 Å². The molecule has 1 aliphatic carbocycles. The van der Waals surface area contributed by atoms with Crippen LogP contribution in [-0.2, 0) is 6.18 Å². The van der Waals surface area contributed by atoms with Crippen molar-refractivity contribution in [2.45, 2.75) is 44.2 Å². The Labute approximate surface area is 85.4 Å². The van der Waals surface area contributed by atoms with Crippen LogP contribution in [0.3, 0.4) is 0 Å². The zero-order valence-corrected chi connectivity index (χ0v) is 8.18. The molecular formula is C10H12F3NO. The molecule has 1 saturated carbocycles. The van der Waals surface area contributed by atoms with E-state index in [9.17, 15) is 13.2 Å². The maximum atomic E-state index is 12.5. The van der Waals surface area contributed by atoms with Crippen LogP contribution in [0.5, 0.6) is 0 Å². The first-order valence-corrected chi connectivity index (χ1v) is 5.11. The highest BCUT2D eigenvalue weighted by atomic mass is 19.4. The van der Waals surface area contributed by atoms with Crippen LogP contribution in [0.2, 0.25) is 0 Å². The van der Waals surface area contributed by atoms with Crippen LogP contribution in [0.1, 0.15) is 49.3 Å². The van der Waals surface area contributed by atoms with Gasteiger partial charge in [0.25, 0.3) is 0 Å². The molecule has 0 aliphatic heterocycles. The molecule has 0 amide bonds. The smallest absolute Gasteiger partial charge is 0.360 e. The number of hydrogen-bond acceptors (Lipinski definition) is 2. The predicted molar refractivity (Wildman–Crippen MR) is 47.3 cm³/mol. The molecule has 0 saturated heterocycles. The molecule has 0 aromatic carbocycles. The maximum Gasteiger partial charge on any atom is 0.421 e. The van der Waals surface area contributed by atoms with Gasteiger partial charge in [-0.15, -0.1) is 0 Å². The molecule has 0 bridgehead atoms. The van der Waals surface area contributed by atoms with Gasteiger partial charge in [0.2, 0.25) is 0 Å². The molecule has 1 heterocycles. The summed E-state index contributed by atoms with van der Waals surface area (Å²) < 4.78 is 42.4. The molecule has 2 rings (SSSR count). The van der Waals surface area contributed by atoms with Gasteiger partial charge >= 0.3 is 6.18 Å². The third-order valence-electron chi connectivity index (χ3n) is 2.88. The monoisotopic (exact) mass is 219 g/mol. The summed E-state index contributed by atoms with van der Waals surface area (Å²) in [5.74, 6) is -0.0694. The number of halogens is 3. The van der Waals surface area contributed by atoms with E-state index in [-0.39, 0.29) is 11.7 Å². The van der Waals surface area contributed by atoms with Gasteiger partial charge in [0, 0.05) is 5.92 Å². The lowest BCUT2D eigenvalue weighted by atomic mass is 9.86. The lowest BCUT2D eigenvalue weighted by molar-refractivity contribution is -0.139. The molecule has 0 atom stereocenters. The second kappa shape index (κ2) is 3.87. The molecule has 0 spiro atoms. The van der Waals surface area contributed by atoms with Crippen molar-refractivity contribution < 1.29 is 17.7 Å². The van der Waals surface area contributed by atoms with Crippen LogP contribution < -0.4 is 0 Å². The Hall–Kier alpha value is -1.00. The van der Waals surface area contributed by atoms with Gasteiger partial charge in [0.15, 0.2) is 5.76 Å². The SMILES string of the molecule is FC(F)(F)c1cnoc1C1CCCCC1. The molecule has 84 valence electrons. The summed E-state index contributed by atoms with van der Waals surface area (Å²) >= 11 is 0. The van der Waals surface area contributed by atoms with Crippen molar-refractivity contribution in [1.82, 2.24) is 5.16 Å². The summed E-state index contributed by atoms with van der Waals surface area (Å²) in [7, 11) is 0. The van der Waals surface area contributed by atoms with Crippen LogP contribution >= 0.6 is 0 Å². The minimum Gasteiger partial charge on any atom is -0.360 e. The Balaban J connectivity index is 2.24. The van der Waals surface area contributed by atoms with Crippen LogP contribution in [0.4, 0.5) is 13.2 Å². The van der Waals surface area contributed by atoms with Gasteiger partial charge in [0.1, 0.15) is 5.56 Å². The fourth-order valence-electron chi connectivity index (χ4n) is 2.12. The van der Waals surface area contributed by atoms with E-state index in [1.807, 2.05) is 0 Å². The van der Waals surface area contributed by atoms with Crippen molar-refractivity contribution >= 4 is 0 Å². The highest BCUT2D eigenvalue weighted by molar-refractivity contribution is 5.21. The van der Waals surface area contributed by atoms with E-state index in [2.05, 4.69) is 5.16 Å². The predicted octanol–water partition coefficient (Wildman–Crippen LogP) is 3.74. The third kappa shape index (κ3) is 2.16. The van der Waals surface area contributed by atoms with Crippen molar-refractivity contribution in [2.75, 3.05) is 0 Å². The van der Waals surface area contributed by atoms with Crippen molar-refractivity contribution in [3.8, 4) is 0 Å². The molecule has 5 heteroatoms. The van der Waals surface area contributed by atoms with Crippen molar-refractivity contribution in [3.05, 3.63) is 17.5 Å². The summed E-state index contributed by atoms with van der Waals surface area (Å²) in [5.41, 5.74) is -0.700. The lowest BCUT2D eigenvalue weighted by Crippen LogP contribution is -2.11. The van der Waals surface area contributed by atoms with Gasteiger partial charge in [0.05, 0.1) is 6.20 Å². The first-order chi connectivity index (χ1) is 7.09. The minimum absolute atomic E-state index is 0.0298. The Morgan fingerprint density at radius 3 is 2.47 bits per heavy atom. The van der Waals surface area contributed by atoms with Crippen LogP contribution in [0.25, 0.3) is 0 Å². The van der Waals surface area contributed by atoms with E-state index in [0.29, 0.717) is 0 Å². The quantitative estimate of drug-likeness (QED) is 0.719. The average Bonchev–Trinajstić information content (AvgIpc) is 2.67. The molecule has 1 aromatic rings. The number of nitrogens with zero attached hydrogens (tertiary/aromatic N) is 1. The highest BCUT2D eigenvalue weighted by Gasteiger charge is 2.38. The Morgan fingerprint density at radius 1 is 1.20 bits per heavy atom. The summed E-state index contributed by atoms with van der Waals surface area (Å²) in [5, 5.41) is 3.27. The topological polar surface area (TPSA) is 26.0 Å². The fraction of sp³-hybridized carbons (Fsp3) is 0.700. The first-order valence-electron chi connectivity index (χ1n) is 5.11. The molecular weight excluding hydrogens is 207 g/mol. The second-order valence-corrected chi connectivity index (χ2v) is 3.94. The fourth-order valence-corrected chi connectivity index (χ4v) is 2.12. The standard InChI is InChI=1S/C10H12F3NO/c11-10(12,13)8-6-14-15-9(8)7-4-2-1-3-5-7/h6-7H,1-5H2. The molecule has 1 aliphatic rings. The molecule has 1 aromatic heterocycles. The van der Waals surface area contributed by atoms with Crippen molar-refractivity contribution in [1.29, 1.82) is 0 Å². The average molecular weight is 219 g/mol. The number of alkyl halides is 3. The normalized spacial score (nSPS) is 19.4. The van der Waals surface area contributed by atoms with Gasteiger partial charge in [-0.3, -0.25) is 0 Å². The van der Waals surface area contributed by atoms with E-state index < -0.39 is 11.7 Å². The van der Waals surface area contributed by atoms with Gasteiger partial charge < -0.3 is 4.52 Å². The zero-order chi connectivity index (χ0) is 10.9. The molecule has 15 heavy (non-hydrogen) atoms. The van der Waals surface area contributed by atoms with Crippen LogP contribution in [0.15, 0.2) is 10.7 Å². The van der Waals surface area contributed by atoms with Crippen molar-refractivity contribution in [3.63, 3.8) is 0 Å². The van der Waals surface area contributed by atoms with E-state index in [4.69, 9.17) is 4.52 Å². The first kappa shape index (κ1) is 10.5. The summed E-state index contributed by atoms with van der Waals surface area (Å²) in [4.78, 5) is 0. The summed E-state index contributed by atoms with van der Waals surface area (Å²) in [6.07, 6.45) is 1.05.